The SMILES string of the molecule is CC(O)CC(C)CNC(=O)c1n[nH]c2c1CCCC2. The van der Waals surface area contributed by atoms with Crippen molar-refractivity contribution in [2.75, 3.05) is 6.54 Å². The minimum Gasteiger partial charge on any atom is -0.393 e. The number of hydrogen-bond donors (Lipinski definition) is 3. The van der Waals surface area contributed by atoms with E-state index in [2.05, 4.69) is 15.5 Å². The van der Waals surface area contributed by atoms with Gasteiger partial charge in [0.15, 0.2) is 5.69 Å². The lowest BCUT2D eigenvalue weighted by molar-refractivity contribution is 0.0933. The number of nitrogens with zero attached hydrogens (tertiary/aromatic N) is 1. The summed E-state index contributed by atoms with van der Waals surface area (Å²) in [5.74, 6) is 0.163. The van der Waals surface area contributed by atoms with Crippen molar-refractivity contribution in [2.24, 2.45) is 5.92 Å². The van der Waals surface area contributed by atoms with Gasteiger partial charge in [0, 0.05) is 17.8 Å². The van der Waals surface area contributed by atoms with Gasteiger partial charge in [-0.05, 0) is 44.9 Å². The average Bonchev–Trinajstić information content (AvgIpc) is 2.79. The molecule has 1 aliphatic rings. The molecule has 1 heterocycles. The van der Waals surface area contributed by atoms with Gasteiger partial charge in [-0.25, -0.2) is 0 Å². The third kappa shape index (κ3) is 3.56. The molecule has 0 bridgehead atoms. The summed E-state index contributed by atoms with van der Waals surface area (Å²) in [5.41, 5.74) is 2.76. The molecule has 2 rings (SSSR count). The van der Waals surface area contributed by atoms with Crippen molar-refractivity contribution in [3.05, 3.63) is 17.0 Å². The first-order valence-electron chi connectivity index (χ1n) is 7.10. The molecule has 3 N–H and O–H groups in total. The molecule has 0 radical (unpaired) electrons. The molecule has 0 saturated carbocycles. The summed E-state index contributed by atoms with van der Waals surface area (Å²) in [6, 6.07) is 0. The topological polar surface area (TPSA) is 78.0 Å². The predicted molar refractivity (Wildman–Crippen MR) is 73.0 cm³/mol. The van der Waals surface area contributed by atoms with Gasteiger partial charge in [0.05, 0.1) is 6.10 Å². The van der Waals surface area contributed by atoms with E-state index in [1.807, 2.05) is 6.92 Å². The second kappa shape index (κ2) is 6.19. The normalized spacial score (nSPS) is 17.6. The second-order valence-electron chi connectivity index (χ2n) is 5.64. The summed E-state index contributed by atoms with van der Waals surface area (Å²) < 4.78 is 0. The summed E-state index contributed by atoms with van der Waals surface area (Å²) in [7, 11) is 0. The van der Waals surface area contributed by atoms with E-state index in [9.17, 15) is 9.90 Å². The number of carbonyl (C=O) groups excluding carboxylic acids is 1. The van der Waals surface area contributed by atoms with E-state index in [0.29, 0.717) is 18.7 Å². The second-order valence-corrected chi connectivity index (χ2v) is 5.64. The molecule has 0 saturated heterocycles. The lowest BCUT2D eigenvalue weighted by Gasteiger charge is -2.14. The van der Waals surface area contributed by atoms with Crippen LogP contribution in [-0.2, 0) is 12.8 Å². The molecule has 1 aromatic rings. The number of aliphatic hydroxyl groups excluding tert-OH is 1. The van der Waals surface area contributed by atoms with Gasteiger partial charge < -0.3 is 10.4 Å². The van der Waals surface area contributed by atoms with Gasteiger partial charge in [0.25, 0.3) is 5.91 Å². The minimum absolute atomic E-state index is 0.100. The average molecular weight is 265 g/mol. The minimum atomic E-state index is -0.329. The number of aliphatic hydroxyl groups is 1. The molecule has 1 aromatic heterocycles. The van der Waals surface area contributed by atoms with Crippen LogP contribution in [0.2, 0.25) is 0 Å². The first kappa shape index (κ1) is 14.1. The fraction of sp³-hybridized carbons (Fsp3) is 0.714. The molecule has 5 nitrogen and oxygen atoms in total. The van der Waals surface area contributed by atoms with Crippen molar-refractivity contribution < 1.29 is 9.90 Å². The van der Waals surface area contributed by atoms with Crippen molar-refractivity contribution in [2.45, 2.75) is 52.1 Å². The van der Waals surface area contributed by atoms with Gasteiger partial charge in [-0.3, -0.25) is 9.89 Å². The highest BCUT2D eigenvalue weighted by Gasteiger charge is 2.21. The van der Waals surface area contributed by atoms with Crippen LogP contribution >= 0.6 is 0 Å². The molecular weight excluding hydrogens is 242 g/mol. The van der Waals surface area contributed by atoms with Crippen LogP contribution in [0.3, 0.4) is 0 Å². The Labute approximate surface area is 113 Å². The molecule has 0 spiro atoms. The zero-order chi connectivity index (χ0) is 13.8. The Morgan fingerprint density at radius 2 is 2.16 bits per heavy atom. The zero-order valence-corrected chi connectivity index (χ0v) is 11.7. The van der Waals surface area contributed by atoms with Crippen molar-refractivity contribution in [3.63, 3.8) is 0 Å². The number of fused-ring (bicyclic) bond motifs is 1. The maximum Gasteiger partial charge on any atom is 0.272 e. The van der Waals surface area contributed by atoms with E-state index in [4.69, 9.17) is 0 Å². The van der Waals surface area contributed by atoms with Gasteiger partial charge in [0.2, 0.25) is 0 Å². The molecule has 2 atom stereocenters. The van der Waals surface area contributed by atoms with E-state index >= 15 is 0 Å². The molecule has 5 heteroatoms. The number of aromatic amines is 1. The van der Waals surface area contributed by atoms with Crippen LogP contribution in [0.25, 0.3) is 0 Å². The third-order valence-corrected chi connectivity index (χ3v) is 3.63. The Kier molecular flexibility index (Phi) is 4.58. The van der Waals surface area contributed by atoms with Crippen LogP contribution in [0, 0.1) is 5.92 Å². The molecule has 1 aliphatic carbocycles. The number of rotatable bonds is 5. The summed E-state index contributed by atoms with van der Waals surface area (Å²) in [5, 5.41) is 19.3. The monoisotopic (exact) mass is 265 g/mol. The van der Waals surface area contributed by atoms with E-state index in [1.54, 1.807) is 6.92 Å². The maximum atomic E-state index is 12.1. The molecular formula is C14H23N3O2. The van der Waals surface area contributed by atoms with Crippen molar-refractivity contribution in [3.8, 4) is 0 Å². The van der Waals surface area contributed by atoms with Crippen LogP contribution in [0.4, 0.5) is 0 Å². The first-order valence-corrected chi connectivity index (χ1v) is 7.10. The highest BCUT2D eigenvalue weighted by molar-refractivity contribution is 5.94. The molecule has 106 valence electrons. The van der Waals surface area contributed by atoms with Gasteiger partial charge in [-0.15, -0.1) is 0 Å². The quantitative estimate of drug-likeness (QED) is 0.753. The molecule has 0 aliphatic heterocycles. The van der Waals surface area contributed by atoms with Crippen LogP contribution in [0.15, 0.2) is 0 Å². The summed E-state index contributed by atoms with van der Waals surface area (Å²) in [4.78, 5) is 12.1. The van der Waals surface area contributed by atoms with Gasteiger partial charge >= 0.3 is 0 Å². The van der Waals surface area contributed by atoms with E-state index in [1.165, 1.54) is 6.42 Å². The molecule has 2 unspecified atom stereocenters. The number of amides is 1. The number of hydrogen-bond acceptors (Lipinski definition) is 3. The van der Waals surface area contributed by atoms with Crippen molar-refractivity contribution >= 4 is 5.91 Å². The highest BCUT2D eigenvalue weighted by Crippen LogP contribution is 2.22. The van der Waals surface area contributed by atoms with Gasteiger partial charge in [0.1, 0.15) is 0 Å². The number of H-pyrrole nitrogens is 1. The highest BCUT2D eigenvalue weighted by atomic mass is 16.3. The lowest BCUT2D eigenvalue weighted by Crippen LogP contribution is -2.30. The van der Waals surface area contributed by atoms with Crippen LogP contribution in [-0.4, -0.2) is 33.9 Å². The summed E-state index contributed by atoms with van der Waals surface area (Å²) >= 11 is 0. The first-order chi connectivity index (χ1) is 9.08. The summed E-state index contributed by atoms with van der Waals surface area (Å²) in [6.07, 6.45) is 4.60. The molecule has 0 aromatic carbocycles. The van der Waals surface area contributed by atoms with E-state index in [0.717, 1.165) is 30.5 Å². The van der Waals surface area contributed by atoms with Crippen LogP contribution in [0.5, 0.6) is 0 Å². The van der Waals surface area contributed by atoms with E-state index < -0.39 is 0 Å². The molecule has 19 heavy (non-hydrogen) atoms. The van der Waals surface area contributed by atoms with Crippen molar-refractivity contribution in [1.82, 2.24) is 15.5 Å². The maximum absolute atomic E-state index is 12.1. The van der Waals surface area contributed by atoms with Gasteiger partial charge in [-0.2, -0.15) is 5.10 Å². The lowest BCUT2D eigenvalue weighted by atomic mass is 9.95. The Hall–Kier alpha value is -1.36. The third-order valence-electron chi connectivity index (χ3n) is 3.63. The predicted octanol–water partition coefficient (Wildman–Crippen LogP) is 1.43. The summed E-state index contributed by atoms with van der Waals surface area (Å²) in [6.45, 7) is 4.36. The Bertz CT molecular complexity index is 440. The zero-order valence-electron chi connectivity index (χ0n) is 11.7. The Morgan fingerprint density at radius 3 is 2.89 bits per heavy atom. The van der Waals surface area contributed by atoms with E-state index in [-0.39, 0.29) is 17.9 Å². The Balaban J connectivity index is 1.91. The number of nitrogens with one attached hydrogen (secondary N) is 2. The smallest absolute Gasteiger partial charge is 0.272 e. The fourth-order valence-electron chi connectivity index (χ4n) is 2.69. The fourth-order valence-corrected chi connectivity index (χ4v) is 2.69. The van der Waals surface area contributed by atoms with Crippen LogP contribution < -0.4 is 5.32 Å². The van der Waals surface area contributed by atoms with Crippen molar-refractivity contribution in [1.29, 1.82) is 0 Å². The van der Waals surface area contributed by atoms with Gasteiger partial charge in [-0.1, -0.05) is 6.92 Å². The standard InChI is InChI=1S/C14H23N3O2/c1-9(7-10(2)18)8-15-14(19)13-11-5-3-4-6-12(11)16-17-13/h9-10,18H,3-8H2,1-2H3,(H,15,19)(H,16,17). The van der Waals surface area contributed by atoms with Crippen LogP contribution in [0.1, 0.15) is 54.9 Å². The molecule has 1 amide bonds. The largest absolute Gasteiger partial charge is 0.393 e. The Morgan fingerprint density at radius 1 is 1.42 bits per heavy atom. The number of carbonyl (C=O) groups is 1. The number of aromatic nitrogens is 2. The number of aryl methyl sites for hydroxylation is 1. The molecule has 0 fully saturated rings.